The number of rotatable bonds is 7. The molecule has 3 aromatic rings. The topological polar surface area (TPSA) is 103 Å². The zero-order valence-electron chi connectivity index (χ0n) is 17.0. The van der Waals surface area contributed by atoms with E-state index >= 15 is 0 Å². The summed E-state index contributed by atoms with van der Waals surface area (Å²) in [5, 5.41) is 3.33. The fourth-order valence-corrected chi connectivity index (χ4v) is 4.09. The third-order valence-corrected chi connectivity index (χ3v) is 6.51. The number of nitrogens with one attached hydrogen (secondary N) is 2. The van der Waals surface area contributed by atoms with Crippen molar-refractivity contribution in [1.82, 2.24) is 14.6 Å². The Morgan fingerprint density at radius 3 is 2.37 bits per heavy atom. The van der Waals surface area contributed by atoms with Crippen LogP contribution in [0.4, 0.5) is 5.69 Å². The van der Waals surface area contributed by atoms with Gasteiger partial charge in [0, 0.05) is 45.0 Å². The molecule has 0 aliphatic heterocycles. The first-order chi connectivity index (χ1) is 14.2. The molecular formula is C21H24N4O4S. The van der Waals surface area contributed by atoms with Crippen molar-refractivity contribution in [3.8, 4) is 0 Å². The van der Waals surface area contributed by atoms with Gasteiger partial charge in [-0.05, 0) is 47.3 Å². The third kappa shape index (κ3) is 4.87. The summed E-state index contributed by atoms with van der Waals surface area (Å²) in [4.78, 5) is 28.3. The van der Waals surface area contributed by atoms with E-state index in [0.717, 1.165) is 15.6 Å². The molecule has 0 aliphatic carbocycles. The fourth-order valence-electron chi connectivity index (χ4n) is 2.93. The lowest BCUT2D eigenvalue weighted by atomic mass is 10.2. The van der Waals surface area contributed by atoms with Gasteiger partial charge < -0.3 is 15.2 Å². The predicted molar refractivity (Wildman–Crippen MR) is 117 cm³/mol. The van der Waals surface area contributed by atoms with Crippen LogP contribution in [-0.4, -0.2) is 51.3 Å². The van der Waals surface area contributed by atoms with Crippen molar-refractivity contribution in [3.63, 3.8) is 0 Å². The second kappa shape index (κ2) is 8.68. The monoisotopic (exact) mass is 428 g/mol. The number of aromatic amines is 1. The quantitative estimate of drug-likeness (QED) is 0.594. The van der Waals surface area contributed by atoms with Crippen molar-refractivity contribution in [2.45, 2.75) is 11.4 Å². The van der Waals surface area contributed by atoms with Crippen molar-refractivity contribution in [3.05, 3.63) is 70.5 Å². The van der Waals surface area contributed by atoms with Gasteiger partial charge in [-0.25, -0.2) is 8.42 Å². The van der Waals surface area contributed by atoms with E-state index in [1.54, 1.807) is 6.07 Å². The summed E-state index contributed by atoms with van der Waals surface area (Å²) in [6, 6.07) is 15.0. The van der Waals surface area contributed by atoms with Gasteiger partial charge in [0.1, 0.15) is 0 Å². The first kappa shape index (κ1) is 21.5. The highest BCUT2D eigenvalue weighted by Crippen LogP contribution is 2.19. The number of benzene rings is 2. The van der Waals surface area contributed by atoms with Gasteiger partial charge in [-0.1, -0.05) is 12.1 Å². The molecule has 158 valence electrons. The first-order valence-electron chi connectivity index (χ1n) is 9.29. The molecule has 0 fully saturated rings. The fraction of sp³-hybridized carbons (Fsp3) is 0.238. The average Bonchev–Trinajstić information content (AvgIpc) is 2.72. The molecule has 0 radical (unpaired) electrons. The van der Waals surface area contributed by atoms with Gasteiger partial charge in [0.05, 0.1) is 11.4 Å². The van der Waals surface area contributed by atoms with Crippen LogP contribution in [0.15, 0.2) is 64.3 Å². The van der Waals surface area contributed by atoms with E-state index in [4.69, 9.17) is 0 Å². The van der Waals surface area contributed by atoms with Crippen molar-refractivity contribution in [2.24, 2.45) is 0 Å². The number of H-pyrrole nitrogens is 1. The zero-order chi connectivity index (χ0) is 21.9. The molecule has 3 rings (SSSR count). The summed E-state index contributed by atoms with van der Waals surface area (Å²) in [5.74, 6) is -0.400. The molecule has 1 amide bonds. The molecular weight excluding hydrogens is 404 g/mol. The molecule has 0 saturated heterocycles. The van der Waals surface area contributed by atoms with Crippen molar-refractivity contribution in [1.29, 1.82) is 0 Å². The average molecular weight is 429 g/mol. The summed E-state index contributed by atoms with van der Waals surface area (Å²) < 4.78 is 26.7. The number of sulfonamides is 1. The summed E-state index contributed by atoms with van der Waals surface area (Å²) in [7, 11) is 1.39. The van der Waals surface area contributed by atoms with Crippen LogP contribution in [-0.2, 0) is 21.4 Å². The summed E-state index contributed by atoms with van der Waals surface area (Å²) in [5.41, 5.74) is 2.25. The van der Waals surface area contributed by atoms with Gasteiger partial charge in [-0.3, -0.25) is 9.59 Å². The second-order valence-corrected chi connectivity index (χ2v) is 9.22. The predicted octanol–water partition coefficient (Wildman–Crippen LogP) is 1.53. The lowest BCUT2D eigenvalue weighted by Gasteiger charge is -2.17. The number of aromatic nitrogens is 1. The maximum atomic E-state index is 12.8. The van der Waals surface area contributed by atoms with Gasteiger partial charge >= 0.3 is 0 Å². The van der Waals surface area contributed by atoms with E-state index in [0.29, 0.717) is 17.4 Å². The van der Waals surface area contributed by atoms with Crippen LogP contribution in [0.5, 0.6) is 0 Å². The van der Waals surface area contributed by atoms with Gasteiger partial charge in [0.2, 0.25) is 21.5 Å². The Morgan fingerprint density at radius 1 is 1.00 bits per heavy atom. The number of nitrogens with zero attached hydrogens (tertiary/aromatic N) is 2. The minimum atomic E-state index is -3.86. The van der Waals surface area contributed by atoms with Crippen molar-refractivity contribution < 1.29 is 13.2 Å². The van der Waals surface area contributed by atoms with Crippen LogP contribution in [0.2, 0.25) is 0 Å². The summed E-state index contributed by atoms with van der Waals surface area (Å²) in [6.45, 7) is 0.00550. The molecule has 1 aromatic heterocycles. The van der Waals surface area contributed by atoms with Gasteiger partial charge in [-0.15, -0.1) is 0 Å². The van der Waals surface area contributed by atoms with Gasteiger partial charge in [-0.2, -0.15) is 4.31 Å². The van der Waals surface area contributed by atoms with E-state index < -0.39 is 15.9 Å². The Hall–Kier alpha value is -3.17. The minimum absolute atomic E-state index is 0.0524. The molecule has 1 heterocycles. The highest BCUT2D eigenvalue weighted by Gasteiger charge is 2.23. The number of likely N-dealkylation sites (N-methyl/N-ethyl adjacent to an activating group) is 1. The smallest absolute Gasteiger partial charge is 0.248 e. The number of amides is 1. The van der Waals surface area contributed by atoms with Gasteiger partial charge in [0.15, 0.2) is 0 Å². The van der Waals surface area contributed by atoms with E-state index in [-0.39, 0.29) is 17.0 Å². The number of fused-ring (bicyclic) bond motifs is 1. The molecule has 9 heteroatoms. The Kier molecular flexibility index (Phi) is 6.23. The van der Waals surface area contributed by atoms with Crippen molar-refractivity contribution in [2.75, 3.05) is 32.6 Å². The molecule has 30 heavy (non-hydrogen) atoms. The zero-order valence-corrected chi connectivity index (χ0v) is 17.9. The number of carbonyl (C=O) groups is 1. The van der Waals surface area contributed by atoms with E-state index in [9.17, 15) is 18.0 Å². The number of carbonyl (C=O) groups excluding carboxylic acids is 1. The van der Waals surface area contributed by atoms with Crippen LogP contribution in [0, 0.1) is 0 Å². The lowest BCUT2D eigenvalue weighted by Crippen LogP contribution is -2.38. The first-order valence-corrected chi connectivity index (χ1v) is 10.7. The van der Waals surface area contributed by atoms with Crippen LogP contribution in [0.3, 0.4) is 0 Å². The molecule has 8 nitrogen and oxygen atoms in total. The maximum absolute atomic E-state index is 12.8. The molecule has 2 aromatic carbocycles. The number of hydrogen-bond donors (Lipinski definition) is 2. The largest absolute Gasteiger partial charge is 0.378 e. The molecule has 0 spiro atoms. The minimum Gasteiger partial charge on any atom is -0.378 e. The summed E-state index contributed by atoms with van der Waals surface area (Å²) in [6.07, 6.45) is 0. The van der Waals surface area contributed by atoms with Crippen LogP contribution in [0.1, 0.15) is 5.56 Å². The molecule has 0 aliphatic rings. The van der Waals surface area contributed by atoms with Crippen LogP contribution in [0.25, 0.3) is 10.9 Å². The molecule has 0 unspecified atom stereocenters. The molecule has 0 atom stereocenters. The Bertz CT molecular complexity index is 1220. The second-order valence-electron chi connectivity index (χ2n) is 7.17. The third-order valence-electron chi connectivity index (χ3n) is 4.71. The Labute approximate surface area is 175 Å². The highest BCUT2D eigenvalue weighted by molar-refractivity contribution is 7.89. The van der Waals surface area contributed by atoms with Gasteiger partial charge in [0.25, 0.3) is 0 Å². The van der Waals surface area contributed by atoms with E-state index in [1.165, 1.54) is 31.3 Å². The number of pyridine rings is 1. The lowest BCUT2D eigenvalue weighted by molar-refractivity contribution is -0.121. The normalized spacial score (nSPS) is 11.6. The SMILES string of the molecule is CN(C)c1ccc(CNC(=O)CN(C)S(=O)(=O)c2ccc3[nH]c(=O)ccc3c2)cc1. The van der Waals surface area contributed by atoms with Crippen LogP contribution >= 0.6 is 0 Å². The molecule has 2 N–H and O–H groups in total. The molecule has 0 saturated carbocycles. The number of hydrogen-bond acceptors (Lipinski definition) is 5. The highest BCUT2D eigenvalue weighted by atomic mass is 32.2. The van der Waals surface area contributed by atoms with E-state index in [1.807, 2.05) is 43.3 Å². The summed E-state index contributed by atoms with van der Waals surface area (Å²) >= 11 is 0. The Balaban J connectivity index is 1.65. The molecule has 0 bridgehead atoms. The van der Waals surface area contributed by atoms with Crippen molar-refractivity contribution >= 4 is 32.5 Å². The maximum Gasteiger partial charge on any atom is 0.248 e. The Morgan fingerprint density at radius 2 is 1.70 bits per heavy atom. The van der Waals surface area contributed by atoms with E-state index in [2.05, 4.69) is 10.3 Å². The van der Waals surface area contributed by atoms with Crippen LogP contribution < -0.4 is 15.8 Å². The number of anilines is 1. The standard InChI is InChI=1S/C21H24N4O4S/c1-24(2)17-7-4-15(5-8-17)13-22-21(27)14-25(3)30(28,29)18-9-10-19-16(12-18)6-11-20(26)23-19/h4-12H,13-14H2,1-3H3,(H,22,27)(H,23,26).